The van der Waals surface area contributed by atoms with Gasteiger partial charge in [0.25, 0.3) is 0 Å². The first-order valence-electron chi connectivity index (χ1n) is 26.2. The Bertz CT molecular complexity index is 863. The van der Waals surface area contributed by atoms with E-state index in [1.54, 1.807) is 0 Å². The molecule has 0 aliphatic carbocycles. The van der Waals surface area contributed by atoms with Crippen LogP contribution in [0, 0.1) is 0 Å². The van der Waals surface area contributed by atoms with Gasteiger partial charge in [-0.2, -0.15) is 0 Å². The van der Waals surface area contributed by atoms with E-state index in [9.17, 15) is 14.4 Å². The molecule has 6 heteroatoms. The summed E-state index contributed by atoms with van der Waals surface area (Å²) in [5.74, 6) is -1.20. The van der Waals surface area contributed by atoms with Crippen LogP contribution in [0.1, 0.15) is 303 Å². The fraction of sp³-hybridized carbons (Fsp3) is 0.942. The molecule has 0 fully saturated rings. The minimum absolute atomic E-state index is 0.00379. The van der Waals surface area contributed by atoms with Crippen molar-refractivity contribution in [3.63, 3.8) is 0 Å². The van der Waals surface area contributed by atoms with Crippen LogP contribution in [-0.2, 0) is 19.1 Å². The number of hydrogen-bond donors (Lipinski definition) is 2. The smallest absolute Gasteiger partial charge is 0.322 e. The summed E-state index contributed by atoms with van der Waals surface area (Å²) in [6.07, 6.45) is 56.8. The number of unbranched alkanes of at least 4 members (excludes halogenated alkanes) is 38. The molecule has 0 aliphatic rings. The summed E-state index contributed by atoms with van der Waals surface area (Å²) in [5, 5.41) is 11.1. The van der Waals surface area contributed by atoms with Crippen LogP contribution >= 0.6 is 0 Å². The molecule has 2 N–H and O–H groups in total. The van der Waals surface area contributed by atoms with Gasteiger partial charge in [0.1, 0.15) is 12.6 Å². The number of carboxylic acids is 1. The Morgan fingerprint density at radius 1 is 0.379 bits per heavy atom. The van der Waals surface area contributed by atoms with E-state index >= 15 is 0 Å². The number of carboxylic acid groups (broad SMARTS) is 1. The van der Waals surface area contributed by atoms with Crippen molar-refractivity contribution < 1.29 is 24.2 Å². The Morgan fingerprint density at radius 2 is 0.638 bits per heavy atom. The van der Waals surface area contributed by atoms with E-state index in [0.717, 1.165) is 64.2 Å². The molecule has 0 aromatic rings. The zero-order chi connectivity index (χ0) is 42.3. The van der Waals surface area contributed by atoms with Crippen molar-refractivity contribution in [2.24, 2.45) is 0 Å². The lowest BCUT2D eigenvalue weighted by molar-refractivity contribution is -0.150. The van der Waals surface area contributed by atoms with Gasteiger partial charge in [-0.3, -0.25) is 14.4 Å². The molecular formula is C52H101NO5. The molecule has 0 rings (SSSR count). The lowest BCUT2D eigenvalue weighted by atomic mass is 10.0. The highest BCUT2D eigenvalue weighted by molar-refractivity contribution is 5.80. The van der Waals surface area contributed by atoms with E-state index in [2.05, 4.69) is 19.2 Å². The van der Waals surface area contributed by atoms with Gasteiger partial charge in [0.05, 0.1) is 0 Å². The van der Waals surface area contributed by atoms with Crippen LogP contribution in [0.5, 0.6) is 0 Å². The molecule has 1 unspecified atom stereocenters. The van der Waals surface area contributed by atoms with E-state index in [1.807, 2.05) is 0 Å². The molecule has 0 aliphatic heterocycles. The van der Waals surface area contributed by atoms with Gasteiger partial charge in [0.15, 0.2) is 0 Å². The summed E-state index contributed by atoms with van der Waals surface area (Å²) in [6, 6.07) is 0. The number of carbonyl (C=O) groups is 3. The molecule has 58 heavy (non-hydrogen) atoms. The van der Waals surface area contributed by atoms with Gasteiger partial charge in [-0.15, -0.1) is 0 Å². The Labute approximate surface area is 361 Å². The molecule has 6 nitrogen and oxygen atoms in total. The zero-order valence-electron chi connectivity index (χ0n) is 39.2. The van der Waals surface area contributed by atoms with Crippen molar-refractivity contribution in [1.82, 2.24) is 5.32 Å². The van der Waals surface area contributed by atoms with Crippen molar-refractivity contribution in [3.8, 4) is 0 Å². The molecule has 0 saturated carbocycles. The minimum atomic E-state index is -1.01. The molecule has 0 spiro atoms. The van der Waals surface area contributed by atoms with Crippen molar-refractivity contribution in [2.45, 2.75) is 309 Å². The number of hydrogen-bond acceptors (Lipinski definition) is 4. The van der Waals surface area contributed by atoms with Crippen LogP contribution < -0.4 is 5.32 Å². The Kier molecular flexibility index (Phi) is 46.8. The van der Waals surface area contributed by atoms with E-state index in [-0.39, 0.29) is 24.5 Å². The standard InChI is InChI=1S/C52H101NO5/c1-3-5-7-9-11-13-15-17-19-20-21-22-23-24-25-26-28-30-32-34-39-43-47-52(57)58-49(45-41-37-35-38-42-46-50(54)53-48-51(55)56)44-40-36-33-31-29-27-18-16-14-12-10-8-6-4-2/h49H,3-48H2,1-2H3,(H,53,54)(H,55,56). The number of nitrogens with one attached hydrogen (secondary N) is 1. The summed E-state index contributed by atoms with van der Waals surface area (Å²) >= 11 is 0. The van der Waals surface area contributed by atoms with Crippen LogP contribution in [0.4, 0.5) is 0 Å². The van der Waals surface area contributed by atoms with Crippen molar-refractivity contribution >= 4 is 17.8 Å². The summed E-state index contributed by atoms with van der Waals surface area (Å²) in [6.45, 7) is 4.27. The van der Waals surface area contributed by atoms with Crippen molar-refractivity contribution in [3.05, 3.63) is 0 Å². The normalized spacial score (nSPS) is 11.9. The highest BCUT2D eigenvalue weighted by atomic mass is 16.5. The number of aliphatic carboxylic acids is 1. The van der Waals surface area contributed by atoms with Gasteiger partial charge >= 0.3 is 11.9 Å². The lowest BCUT2D eigenvalue weighted by Crippen LogP contribution is -2.28. The van der Waals surface area contributed by atoms with Gasteiger partial charge in [0, 0.05) is 12.8 Å². The number of esters is 1. The predicted molar refractivity (Wildman–Crippen MR) is 250 cm³/mol. The average molecular weight is 820 g/mol. The second-order valence-corrected chi connectivity index (χ2v) is 18.1. The average Bonchev–Trinajstić information content (AvgIpc) is 3.21. The second-order valence-electron chi connectivity index (χ2n) is 18.1. The molecule has 0 bridgehead atoms. The van der Waals surface area contributed by atoms with E-state index in [4.69, 9.17) is 9.84 Å². The first-order valence-corrected chi connectivity index (χ1v) is 26.2. The van der Waals surface area contributed by atoms with Crippen LogP contribution in [0.25, 0.3) is 0 Å². The molecule has 0 heterocycles. The van der Waals surface area contributed by atoms with E-state index < -0.39 is 5.97 Å². The maximum absolute atomic E-state index is 12.8. The van der Waals surface area contributed by atoms with E-state index in [0.29, 0.717) is 12.8 Å². The molecule has 1 amide bonds. The monoisotopic (exact) mass is 820 g/mol. The highest BCUT2D eigenvalue weighted by Crippen LogP contribution is 2.20. The summed E-state index contributed by atoms with van der Waals surface area (Å²) < 4.78 is 6.08. The molecule has 0 aromatic carbocycles. The predicted octanol–water partition coefficient (Wildman–Crippen LogP) is 16.7. The molecule has 0 saturated heterocycles. The third-order valence-electron chi connectivity index (χ3n) is 12.3. The minimum Gasteiger partial charge on any atom is -0.480 e. The van der Waals surface area contributed by atoms with Crippen molar-refractivity contribution in [2.75, 3.05) is 6.54 Å². The van der Waals surface area contributed by atoms with Gasteiger partial charge in [-0.05, 0) is 38.5 Å². The van der Waals surface area contributed by atoms with Gasteiger partial charge in [-0.1, -0.05) is 251 Å². The topological polar surface area (TPSA) is 92.7 Å². The number of amides is 1. The third-order valence-corrected chi connectivity index (χ3v) is 12.3. The zero-order valence-corrected chi connectivity index (χ0v) is 39.2. The fourth-order valence-electron chi connectivity index (χ4n) is 8.40. The third kappa shape index (κ3) is 47.1. The van der Waals surface area contributed by atoms with Gasteiger partial charge in [-0.25, -0.2) is 0 Å². The van der Waals surface area contributed by atoms with Crippen molar-refractivity contribution in [1.29, 1.82) is 0 Å². The Balaban J connectivity index is 4.00. The van der Waals surface area contributed by atoms with Crippen LogP contribution in [-0.4, -0.2) is 35.6 Å². The maximum atomic E-state index is 12.8. The maximum Gasteiger partial charge on any atom is 0.322 e. The second kappa shape index (κ2) is 48.1. The van der Waals surface area contributed by atoms with Gasteiger partial charge < -0.3 is 15.2 Å². The molecule has 1 atom stereocenters. The number of carbonyl (C=O) groups excluding carboxylic acids is 2. The lowest BCUT2D eigenvalue weighted by Gasteiger charge is -2.18. The Morgan fingerprint density at radius 3 is 0.931 bits per heavy atom. The summed E-state index contributed by atoms with van der Waals surface area (Å²) in [5.41, 5.74) is 0. The molecular weight excluding hydrogens is 719 g/mol. The first-order chi connectivity index (χ1) is 28.5. The van der Waals surface area contributed by atoms with Crippen LogP contribution in [0.15, 0.2) is 0 Å². The highest BCUT2D eigenvalue weighted by Gasteiger charge is 2.14. The van der Waals surface area contributed by atoms with Crippen LogP contribution in [0.3, 0.4) is 0 Å². The number of ether oxygens (including phenoxy) is 1. The van der Waals surface area contributed by atoms with E-state index in [1.165, 1.54) is 212 Å². The quantitative estimate of drug-likeness (QED) is 0.0471. The largest absolute Gasteiger partial charge is 0.480 e. The SMILES string of the molecule is CCCCCCCCCCCCCCCCCCCCCCCCC(=O)OC(CCCCCCCCCCCCCCCC)CCCCCCCC(=O)NCC(=O)O. The van der Waals surface area contributed by atoms with Gasteiger partial charge in [0.2, 0.25) is 5.91 Å². The van der Waals surface area contributed by atoms with Crippen LogP contribution in [0.2, 0.25) is 0 Å². The summed E-state index contributed by atoms with van der Waals surface area (Å²) in [4.78, 5) is 35.2. The molecule has 0 radical (unpaired) electrons. The molecule has 344 valence electrons. The number of rotatable bonds is 49. The molecule has 0 aromatic heterocycles. The first kappa shape index (κ1) is 56.4. The summed E-state index contributed by atoms with van der Waals surface area (Å²) in [7, 11) is 0. The Hall–Kier alpha value is -1.59. The fourth-order valence-corrected chi connectivity index (χ4v) is 8.40.